The highest BCUT2D eigenvalue weighted by Gasteiger charge is 2.03. The second-order valence-corrected chi connectivity index (χ2v) is 4.18. The average molecular weight is 267 g/mol. The fraction of sp³-hybridized carbons (Fsp3) is 0.385. The molecule has 0 atom stereocenters. The van der Waals surface area contributed by atoms with E-state index in [-0.39, 0.29) is 11.7 Å². The fourth-order valence-corrected chi connectivity index (χ4v) is 1.40. The first kappa shape index (κ1) is 14.9. The van der Waals surface area contributed by atoms with Crippen molar-refractivity contribution in [3.05, 3.63) is 29.6 Å². The molecule has 3 N–H and O–H groups in total. The molecule has 6 heteroatoms. The largest absolute Gasteiger partial charge is 0.356 e. The van der Waals surface area contributed by atoms with E-state index in [9.17, 15) is 14.0 Å². The summed E-state index contributed by atoms with van der Waals surface area (Å²) in [4.78, 5) is 22.1. The molecule has 1 aromatic carbocycles. The lowest BCUT2D eigenvalue weighted by Gasteiger charge is -2.08. The maximum absolute atomic E-state index is 13.2. The first-order valence-electron chi connectivity index (χ1n) is 6.04. The van der Waals surface area contributed by atoms with Gasteiger partial charge in [-0.15, -0.1) is 0 Å². The Labute approximate surface area is 111 Å². The van der Waals surface area contributed by atoms with E-state index in [1.807, 2.05) is 0 Å². The average Bonchev–Trinajstić information content (AvgIpc) is 2.33. The van der Waals surface area contributed by atoms with E-state index in [4.69, 9.17) is 0 Å². The van der Waals surface area contributed by atoms with Crippen LogP contribution in [0.25, 0.3) is 0 Å². The van der Waals surface area contributed by atoms with E-state index in [1.165, 1.54) is 13.0 Å². The van der Waals surface area contributed by atoms with Gasteiger partial charge in [0, 0.05) is 25.7 Å². The first-order valence-corrected chi connectivity index (χ1v) is 6.04. The summed E-state index contributed by atoms with van der Waals surface area (Å²) in [5.74, 6) is -0.456. The molecule has 0 saturated carbocycles. The van der Waals surface area contributed by atoms with Gasteiger partial charge in [0.05, 0.1) is 0 Å². The molecule has 0 heterocycles. The first-order chi connectivity index (χ1) is 8.99. The van der Waals surface area contributed by atoms with Crippen molar-refractivity contribution >= 4 is 17.6 Å². The van der Waals surface area contributed by atoms with Crippen LogP contribution in [0.1, 0.15) is 18.9 Å². The third-order valence-electron chi connectivity index (χ3n) is 2.44. The molecule has 0 unspecified atom stereocenters. The summed E-state index contributed by atoms with van der Waals surface area (Å²) in [7, 11) is 0. The van der Waals surface area contributed by atoms with Gasteiger partial charge in [-0.1, -0.05) is 6.07 Å². The van der Waals surface area contributed by atoms with Gasteiger partial charge in [-0.05, 0) is 31.0 Å². The number of benzene rings is 1. The maximum atomic E-state index is 13.2. The molecule has 3 amide bonds. The van der Waals surface area contributed by atoms with Crippen LogP contribution in [0.5, 0.6) is 0 Å². The number of carbonyl (C=O) groups is 2. The van der Waals surface area contributed by atoms with Gasteiger partial charge in [-0.2, -0.15) is 0 Å². The standard InChI is InChI=1S/C13H18FN3O2/c1-9-4-5-11(8-12(9)14)17-13(19)16-7-3-6-15-10(2)18/h4-5,8H,3,6-7H2,1-2H3,(H,15,18)(H2,16,17,19). The zero-order valence-corrected chi connectivity index (χ0v) is 11.0. The summed E-state index contributed by atoms with van der Waals surface area (Å²) >= 11 is 0. The van der Waals surface area contributed by atoms with Crippen LogP contribution in [0.4, 0.5) is 14.9 Å². The molecule has 0 bridgehead atoms. The third-order valence-corrected chi connectivity index (χ3v) is 2.44. The van der Waals surface area contributed by atoms with Crippen LogP contribution >= 0.6 is 0 Å². The van der Waals surface area contributed by atoms with Crippen LogP contribution < -0.4 is 16.0 Å². The van der Waals surface area contributed by atoms with Gasteiger partial charge >= 0.3 is 6.03 Å². The van der Waals surface area contributed by atoms with Crippen molar-refractivity contribution in [2.24, 2.45) is 0 Å². The summed E-state index contributed by atoms with van der Waals surface area (Å²) in [6.07, 6.45) is 0.634. The van der Waals surface area contributed by atoms with E-state index in [2.05, 4.69) is 16.0 Å². The number of hydrogen-bond acceptors (Lipinski definition) is 2. The van der Waals surface area contributed by atoms with Gasteiger partial charge in [0.1, 0.15) is 5.82 Å². The molecule has 104 valence electrons. The Bertz CT molecular complexity index is 463. The molecule has 0 fully saturated rings. The van der Waals surface area contributed by atoms with Gasteiger partial charge < -0.3 is 16.0 Å². The van der Waals surface area contributed by atoms with E-state index in [0.717, 1.165) is 0 Å². The number of amides is 3. The van der Waals surface area contributed by atoms with Crippen LogP contribution in [0.15, 0.2) is 18.2 Å². The predicted molar refractivity (Wildman–Crippen MR) is 71.5 cm³/mol. The fourth-order valence-electron chi connectivity index (χ4n) is 1.40. The minimum Gasteiger partial charge on any atom is -0.356 e. The normalized spacial score (nSPS) is 9.84. The van der Waals surface area contributed by atoms with E-state index in [0.29, 0.717) is 30.8 Å². The molecular weight excluding hydrogens is 249 g/mol. The number of anilines is 1. The molecule has 0 aliphatic heterocycles. The van der Waals surface area contributed by atoms with Gasteiger partial charge in [-0.3, -0.25) is 4.79 Å². The smallest absolute Gasteiger partial charge is 0.319 e. The lowest BCUT2D eigenvalue weighted by atomic mass is 10.2. The highest BCUT2D eigenvalue weighted by molar-refractivity contribution is 5.89. The number of aryl methyl sites for hydroxylation is 1. The van der Waals surface area contributed by atoms with Crippen LogP contribution in [-0.4, -0.2) is 25.0 Å². The molecule has 19 heavy (non-hydrogen) atoms. The van der Waals surface area contributed by atoms with Gasteiger partial charge in [0.15, 0.2) is 0 Å². The number of nitrogens with one attached hydrogen (secondary N) is 3. The SMILES string of the molecule is CC(=O)NCCCNC(=O)Nc1ccc(C)c(F)c1. The van der Waals surface area contributed by atoms with Crippen molar-refractivity contribution in [1.82, 2.24) is 10.6 Å². The lowest BCUT2D eigenvalue weighted by molar-refractivity contribution is -0.118. The van der Waals surface area contributed by atoms with Crippen LogP contribution in [-0.2, 0) is 4.79 Å². The third kappa shape index (κ3) is 5.85. The quantitative estimate of drug-likeness (QED) is 0.712. The van der Waals surface area contributed by atoms with E-state index in [1.54, 1.807) is 19.1 Å². The molecule has 0 aliphatic rings. The second-order valence-electron chi connectivity index (χ2n) is 4.18. The Hall–Kier alpha value is -2.11. The van der Waals surface area contributed by atoms with E-state index >= 15 is 0 Å². The molecule has 1 aromatic rings. The van der Waals surface area contributed by atoms with Crippen molar-refractivity contribution < 1.29 is 14.0 Å². The molecule has 5 nitrogen and oxygen atoms in total. The highest BCUT2D eigenvalue weighted by Crippen LogP contribution is 2.13. The zero-order chi connectivity index (χ0) is 14.3. The molecular formula is C13H18FN3O2. The number of halogens is 1. The summed E-state index contributed by atoms with van der Waals surface area (Å²) in [5, 5.41) is 7.77. The second kappa shape index (κ2) is 7.35. The van der Waals surface area contributed by atoms with E-state index < -0.39 is 6.03 Å². The minimum atomic E-state index is -0.397. The number of carbonyl (C=O) groups excluding carboxylic acids is 2. The van der Waals surface area contributed by atoms with Gasteiger partial charge in [-0.25, -0.2) is 9.18 Å². The van der Waals surface area contributed by atoms with Gasteiger partial charge in [0.25, 0.3) is 0 Å². The van der Waals surface area contributed by atoms with Crippen molar-refractivity contribution in [1.29, 1.82) is 0 Å². The number of rotatable bonds is 5. The number of urea groups is 1. The molecule has 1 rings (SSSR count). The Balaban J connectivity index is 2.27. The lowest BCUT2D eigenvalue weighted by Crippen LogP contribution is -2.32. The molecule has 0 radical (unpaired) electrons. The molecule has 0 aliphatic carbocycles. The van der Waals surface area contributed by atoms with Crippen LogP contribution in [0, 0.1) is 12.7 Å². The van der Waals surface area contributed by atoms with Crippen molar-refractivity contribution in [3.63, 3.8) is 0 Å². The Morgan fingerprint density at radius 2 is 1.89 bits per heavy atom. The van der Waals surface area contributed by atoms with Crippen molar-refractivity contribution in [2.45, 2.75) is 20.3 Å². The van der Waals surface area contributed by atoms with Crippen LogP contribution in [0.2, 0.25) is 0 Å². The minimum absolute atomic E-state index is 0.0976. The Morgan fingerprint density at radius 3 is 2.53 bits per heavy atom. The predicted octanol–water partition coefficient (Wildman–Crippen LogP) is 1.78. The monoisotopic (exact) mass is 267 g/mol. The summed E-state index contributed by atoms with van der Waals surface area (Å²) in [5.41, 5.74) is 0.934. The van der Waals surface area contributed by atoms with Crippen LogP contribution in [0.3, 0.4) is 0 Å². The zero-order valence-electron chi connectivity index (χ0n) is 11.0. The summed E-state index contributed by atoms with van der Waals surface area (Å²) in [6, 6.07) is 4.11. The number of hydrogen-bond donors (Lipinski definition) is 3. The van der Waals surface area contributed by atoms with Crippen molar-refractivity contribution in [3.8, 4) is 0 Å². The maximum Gasteiger partial charge on any atom is 0.319 e. The summed E-state index contributed by atoms with van der Waals surface area (Å²) < 4.78 is 13.2. The molecule has 0 spiro atoms. The Morgan fingerprint density at radius 1 is 1.21 bits per heavy atom. The topological polar surface area (TPSA) is 70.2 Å². The highest BCUT2D eigenvalue weighted by atomic mass is 19.1. The Kier molecular flexibility index (Phi) is 5.78. The summed E-state index contributed by atoms with van der Waals surface area (Å²) in [6.45, 7) is 4.03. The molecule has 0 saturated heterocycles. The van der Waals surface area contributed by atoms with Gasteiger partial charge in [0.2, 0.25) is 5.91 Å². The molecule has 0 aromatic heterocycles. The van der Waals surface area contributed by atoms with Crippen molar-refractivity contribution in [2.75, 3.05) is 18.4 Å².